The van der Waals surface area contributed by atoms with Gasteiger partial charge in [-0.1, -0.05) is 0 Å². The zero-order chi connectivity index (χ0) is 9.14. The van der Waals surface area contributed by atoms with E-state index in [1.54, 1.807) is 19.2 Å². The first-order valence-electron chi connectivity index (χ1n) is 3.70. The summed E-state index contributed by atoms with van der Waals surface area (Å²) in [4.78, 5) is 3.15. The van der Waals surface area contributed by atoms with Gasteiger partial charge in [0.2, 0.25) is 5.39 Å². The quantitative estimate of drug-likeness (QED) is 0.587. The molecular weight excluding hydrogens is 188 g/mol. The number of ether oxygens (including phenoxy) is 1. The molecule has 3 nitrogen and oxygen atoms in total. The maximum absolute atomic E-state index is 8.59. The first-order valence-corrected chi connectivity index (χ1v) is 3.70. The second-order valence-corrected chi connectivity index (χ2v) is 2.64. The zero-order valence-corrected chi connectivity index (χ0v) is 8.59. The molecule has 13 heavy (non-hydrogen) atoms. The van der Waals surface area contributed by atoms with Gasteiger partial charge in [-0.2, -0.15) is 0 Å². The molecule has 0 aliphatic heterocycles. The molecule has 0 amide bonds. The van der Waals surface area contributed by atoms with Crippen LogP contribution < -0.4 is 17.1 Å². The highest BCUT2D eigenvalue weighted by Gasteiger charge is 2.14. The molecule has 70 valence electrons. The minimum atomic E-state index is 0. The van der Waals surface area contributed by atoms with Crippen LogP contribution in [0.25, 0.3) is 4.98 Å². The lowest BCUT2D eigenvalue weighted by atomic mass is 10.1. The highest BCUT2D eigenvalue weighted by atomic mass is 35.5. The molecule has 1 aromatic rings. The molecule has 0 atom stereocenters. The molecule has 0 saturated heterocycles. The van der Waals surface area contributed by atoms with Crippen molar-refractivity contribution >= 4 is 5.69 Å². The summed E-state index contributed by atoms with van der Waals surface area (Å²) in [5, 5.41) is 8.59. The van der Waals surface area contributed by atoms with Crippen molar-refractivity contribution in [2.75, 3.05) is 7.11 Å². The topological polar surface area (TPSA) is 37.4 Å². The van der Waals surface area contributed by atoms with Crippen molar-refractivity contribution in [3.63, 3.8) is 0 Å². The third kappa shape index (κ3) is 2.10. The molecule has 0 aliphatic carbocycles. The van der Waals surface area contributed by atoms with Gasteiger partial charge in [-0.25, -0.2) is 0 Å². The fourth-order valence-electron chi connectivity index (χ4n) is 1.11. The Balaban J connectivity index is 0.00000144. The summed E-state index contributed by atoms with van der Waals surface area (Å²) < 4.78 is 5.10. The van der Waals surface area contributed by atoms with E-state index in [1.165, 1.54) is 0 Å². The molecule has 0 N–H and O–H groups in total. The Kier molecular flexibility index (Phi) is 4.22. The van der Waals surface area contributed by atoms with Crippen LogP contribution in [0, 0.1) is 19.2 Å². The minimum absolute atomic E-state index is 0. The first-order chi connectivity index (χ1) is 5.70. The number of halogens is 1. The van der Waals surface area contributed by atoms with Crippen LogP contribution >= 0.6 is 0 Å². The van der Waals surface area contributed by atoms with Crippen LogP contribution in [0.5, 0.6) is 5.75 Å². The van der Waals surface area contributed by atoms with Gasteiger partial charge in [0.15, 0.2) is 4.98 Å². The lowest BCUT2D eigenvalue weighted by Crippen LogP contribution is -3.00. The molecule has 0 saturated carbocycles. The molecule has 0 heterocycles. The van der Waals surface area contributed by atoms with Crippen LogP contribution in [0.1, 0.15) is 11.1 Å². The number of benzene rings is 1. The summed E-state index contributed by atoms with van der Waals surface area (Å²) in [6.45, 7) is 3.83. The maximum Gasteiger partial charge on any atom is 0.388 e. The van der Waals surface area contributed by atoms with E-state index in [2.05, 4.69) is 4.98 Å². The highest BCUT2D eigenvalue weighted by molar-refractivity contribution is 5.58. The average molecular weight is 199 g/mol. The number of nitrogens with zero attached hydrogens (tertiary/aromatic N) is 2. The Morgan fingerprint density at radius 2 is 1.85 bits per heavy atom. The van der Waals surface area contributed by atoms with E-state index in [1.807, 2.05) is 13.8 Å². The van der Waals surface area contributed by atoms with E-state index in [9.17, 15) is 0 Å². The van der Waals surface area contributed by atoms with Gasteiger partial charge in [-0.15, -0.1) is 0 Å². The first kappa shape index (κ1) is 11.7. The van der Waals surface area contributed by atoms with Gasteiger partial charge in [0.25, 0.3) is 0 Å². The Morgan fingerprint density at radius 3 is 2.31 bits per heavy atom. The number of methoxy groups -OCH3 is 1. The lowest BCUT2D eigenvalue weighted by molar-refractivity contribution is -0.00000311. The molecule has 0 spiro atoms. The standard InChI is InChI=1S/C9H11N2O.ClH/c1-6-7(2)9(12-3)5-4-8(6)11-10;/h4-5H,1-3H3;1H/q+1;/p-1. The Hall–Kier alpha value is -1.27. The van der Waals surface area contributed by atoms with Crippen molar-refractivity contribution in [2.45, 2.75) is 13.8 Å². The molecule has 0 fully saturated rings. The molecule has 0 aliphatic rings. The molecule has 4 heteroatoms. The fourth-order valence-corrected chi connectivity index (χ4v) is 1.11. The summed E-state index contributed by atoms with van der Waals surface area (Å²) in [6.07, 6.45) is 0. The predicted molar refractivity (Wildman–Crippen MR) is 47.2 cm³/mol. The van der Waals surface area contributed by atoms with Gasteiger partial charge in [0.1, 0.15) is 5.75 Å². The Labute approximate surface area is 83.8 Å². The SMILES string of the molecule is COc1ccc([N+]#N)c(C)c1C.[Cl-]. The number of diazo groups is 1. The number of hydrogen-bond donors (Lipinski definition) is 0. The molecule has 0 aromatic heterocycles. The lowest BCUT2D eigenvalue weighted by Gasteiger charge is -2.03. The smallest absolute Gasteiger partial charge is 0.388 e. The van der Waals surface area contributed by atoms with E-state index in [0.29, 0.717) is 5.69 Å². The van der Waals surface area contributed by atoms with Crippen molar-refractivity contribution < 1.29 is 17.1 Å². The van der Waals surface area contributed by atoms with E-state index >= 15 is 0 Å². The number of hydrogen-bond acceptors (Lipinski definition) is 2. The summed E-state index contributed by atoms with van der Waals surface area (Å²) in [5.41, 5.74) is 2.54. The summed E-state index contributed by atoms with van der Waals surface area (Å²) in [7, 11) is 1.62. The van der Waals surface area contributed by atoms with Gasteiger partial charge in [0, 0.05) is 11.6 Å². The van der Waals surface area contributed by atoms with Gasteiger partial charge < -0.3 is 17.1 Å². The van der Waals surface area contributed by atoms with Crippen molar-refractivity contribution in [3.8, 4) is 5.75 Å². The maximum atomic E-state index is 8.59. The predicted octanol–water partition coefficient (Wildman–Crippen LogP) is -0.199. The summed E-state index contributed by atoms with van der Waals surface area (Å²) in [5.74, 6) is 0.819. The molecular formula is C9H11ClN2O. The molecule has 1 aromatic carbocycles. The van der Waals surface area contributed by atoms with E-state index in [0.717, 1.165) is 16.9 Å². The van der Waals surface area contributed by atoms with Gasteiger partial charge in [0.05, 0.1) is 12.7 Å². The van der Waals surface area contributed by atoms with Gasteiger partial charge >= 0.3 is 5.69 Å². The fraction of sp³-hybridized carbons (Fsp3) is 0.333. The van der Waals surface area contributed by atoms with Crippen LogP contribution in [0.4, 0.5) is 5.69 Å². The average Bonchev–Trinajstić information content (AvgIpc) is 2.10. The second kappa shape index (κ2) is 4.68. The normalized spacial score (nSPS) is 8.46. The van der Waals surface area contributed by atoms with E-state index in [-0.39, 0.29) is 12.4 Å². The van der Waals surface area contributed by atoms with Crippen LogP contribution in [-0.2, 0) is 0 Å². The van der Waals surface area contributed by atoms with Crippen molar-refractivity contribution in [3.05, 3.63) is 28.2 Å². The minimum Gasteiger partial charge on any atom is -1.00 e. The third-order valence-electron chi connectivity index (χ3n) is 2.04. The third-order valence-corrected chi connectivity index (χ3v) is 2.04. The zero-order valence-electron chi connectivity index (χ0n) is 7.84. The van der Waals surface area contributed by atoms with Gasteiger partial charge in [-0.05, 0) is 19.9 Å². The number of rotatable bonds is 1. The van der Waals surface area contributed by atoms with Crippen LogP contribution in [0.15, 0.2) is 12.1 Å². The molecule has 1 rings (SSSR count). The monoisotopic (exact) mass is 198 g/mol. The van der Waals surface area contributed by atoms with Crippen LogP contribution in [-0.4, -0.2) is 7.11 Å². The molecule has 0 unspecified atom stereocenters. The van der Waals surface area contributed by atoms with Crippen LogP contribution in [0.3, 0.4) is 0 Å². The highest BCUT2D eigenvalue weighted by Crippen LogP contribution is 2.28. The van der Waals surface area contributed by atoms with E-state index in [4.69, 9.17) is 10.1 Å². The van der Waals surface area contributed by atoms with Crippen molar-refractivity contribution in [1.29, 1.82) is 5.39 Å². The Bertz CT molecular complexity index is 344. The van der Waals surface area contributed by atoms with Crippen molar-refractivity contribution in [1.82, 2.24) is 0 Å². The second-order valence-electron chi connectivity index (χ2n) is 2.64. The summed E-state index contributed by atoms with van der Waals surface area (Å²) in [6, 6.07) is 3.51. The molecule has 0 radical (unpaired) electrons. The van der Waals surface area contributed by atoms with Crippen molar-refractivity contribution in [2.24, 2.45) is 0 Å². The van der Waals surface area contributed by atoms with Gasteiger partial charge in [-0.3, -0.25) is 0 Å². The molecule has 0 bridgehead atoms. The van der Waals surface area contributed by atoms with Crippen LogP contribution in [0.2, 0.25) is 0 Å². The Morgan fingerprint density at radius 1 is 1.23 bits per heavy atom. The van der Waals surface area contributed by atoms with E-state index < -0.39 is 0 Å². The summed E-state index contributed by atoms with van der Waals surface area (Å²) >= 11 is 0. The largest absolute Gasteiger partial charge is 1.00 e.